The van der Waals surface area contributed by atoms with Crippen LogP contribution >= 0.6 is 11.6 Å². The third-order valence-corrected chi connectivity index (χ3v) is 4.38. The lowest BCUT2D eigenvalue weighted by Gasteiger charge is -2.09. The van der Waals surface area contributed by atoms with Gasteiger partial charge in [0.1, 0.15) is 5.75 Å². The van der Waals surface area contributed by atoms with E-state index < -0.39 is 0 Å². The van der Waals surface area contributed by atoms with E-state index in [4.69, 9.17) is 16.3 Å². The summed E-state index contributed by atoms with van der Waals surface area (Å²) in [7, 11) is 0. The van der Waals surface area contributed by atoms with E-state index in [1.807, 2.05) is 19.1 Å². The summed E-state index contributed by atoms with van der Waals surface area (Å²) < 4.78 is 5.38. The Morgan fingerprint density at radius 2 is 1.41 bits per heavy atom. The molecule has 0 radical (unpaired) electrons. The van der Waals surface area contributed by atoms with Crippen LogP contribution in [0.4, 0.5) is 11.4 Å². The van der Waals surface area contributed by atoms with Gasteiger partial charge in [0.25, 0.3) is 5.91 Å². The number of rotatable bonds is 7. The molecule has 0 aliphatic rings. The van der Waals surface area contributed by atoms with E-state index in [-0.39, 0.29) is 18.2 Å². The van der Waals surface area contributed by atoms with Crippen LogP contribution in [0.3, 0.4) is 0 Å². The Bertz CT molecular complexity index is 969. The highest BCUT2D eigenvalue weighted by atomic mass is 35.5. The van der Waals surface area contributed by atoms with Gasteiger partial charge in [-0.05, 0) is 73.2 Å². The van der Waals surface area contributed by atoms with Crippen LogP contribution in [0.25, 0.3) is 0 Å². The zero-order valence-electron chi connectivity index (χ0n) is 15.9. The van der Waals surface area contributed by atoms with Gasteiger partial charge in [-0.15, -0.1) is 0 Å². The Labute approximate surface area is 174 Å². The normalized spacial score (nSPS) is 10.3. The minimum Gasteiger partial charge on any atom is -0.494 e. The molecule has 0 fully saturated rings. The first kappa shape index (κ1) is 20.4. The zero-order valence-corrected chi connectivity index (χ0v) is 16.7. The summed E-state index contributed by atoms with van der Waals surface area (Å²) in [6, 6.07) is 21.1. The van der Waals surface area contributed by atoms with E-state index in [1.54, 1.807) is 60.7 Å². The minimum atomic E-state index is -0.229. The van der Waals surface area contributed by atoms with E-state index >= 15 is 0 Å². The maximum atomic E-state index is 12.4. The van der Waals surface area contributed by atoms with Gasteiger partial charge in [-0.1, -0.05) is 23.7 Å². The van der Waals surface area contributed by atoms with Crippen LogP contribution in [-0.2, 0) is 11.2 Å². The number of anilines is 2. The molecule has 6 heteroatoms. The molecule has 0 spiro atoms. The van der Waals surface area contributed by atoms with Gasteiger partial charge in [-0.3, -0.25) is 9.59 Å². The van der Waals surface area contributed by atoms with Crippen molar-refractivity contribution in [2.75, 3.05) is 17.2 Å². The number of carbonyl (C=O) groups is 2. The van der Waals surface area contributed by atoms with Crippen molar-refractivity contribution in [3.8, 4) is 5.75 Å². The number of hydrogen-bond donors (Lipinski definition) is 2. The molecule has 0 aliphatic carbocycles. The molecule has 148 valence electrons. The van der Waals surface area contributed by atoms with Gasteiger partial charge in [-0.25, -0.2) is 0 Å². The third kappa shape index (κ3) is 6.09. The van der Waals surface area contributed by atoms with Crippen LogP contribution < -0.4 is 15.4 Å². The Morgan fingerprint density at radius 3 is 2.03 bits per heavy atom. The van der Waals surface area contributed by atoms with Crippen LogP contribution in [0.1, 0.15) is 22.8 Å². The number of nitrogens with one attached hydrogen (secondary N) is 2. The second kappa shape index (κ2) is 9.75. The van der Waals surface area contributed by atoms with Crippen molar-refractivity contribution in [1.82, 2.24) is 0 Å². The molecule has 3 rings (SSSR count). The number of amides is 2. The second-order valence-corrected chi connectivity index (χ2v) is 6.78. The molecule has 0 atom stereocenters. The molecule has 3 aromatic carbocycles. The average molecular weight is 409 g/mol. The predicted molar refractivity (Wildman–Crippen MR) is 116 cm³/mol. The van der Waals surface area contributed by atoms with E-state index in [9.17, 15) is 9.59 Å². The maximum absolute atomic E-state index is 12.4. The van der Waals surface area contributed by atoms with Crippen molar-refractivity contribution in [3.05, 3.63) is 88.9 Å². The first-order valence-electron chi connectivity index (χ1n) is 9.22. The first-order chi connectivity index (χ1) is 14.0. The van der Waals surface area contributed by atoms with Crippen molar-refractivity contribution < 1.29 is 14.3 Å². The first-order valence-corrected chi connectivity index (χ1v) is 9.60. The summed E-state index contributed by atoms with van der Waals surface area (Å²) in [4.78, 5) is 24.6. The van der Waals surface area contributed by atoms with Crippen molar-refractivity contribution in [1.29, 1.82) is 0 Å². The molecular formula is C23H21ClN2O3. The van der Waals surface area contributed by atoms with Crippen LogP contribution in [-0.4, -0.2) is 18.4 Å². The fourth-order valence-corrected chi connectivity index (χ4v) is 2.83. The molecule has 0 unspecified atom stereocenters. The molecule has 5 nitrogen and oxygen atoms in total. The molecule has 0 bridgehead atoms. The molecule has 3 aromatic rings. The lowest BCUT2D eigenvalue weighted by atomic mass is 10.1. The highest BCUT2D eigenvalue weighted by molar-refractivity contribution is 6.30. The Hall–Kier alpha value is -3.31. The topological polar surface area (TPSA) is 67.4 Å². The number of benzene rings is 3. The lowest BCUT2D eigenvalue weighted by molar-refractivity contribution is -0.115. The van der Waals surface area contributed by atoms with Crippen LogP contribution in [0.2, 0.25) is 5.02 Å². The Balaban J connectivity index is 1.55. The third-order valence-electron chi connectivity index (χ3n) is 4.13. The van der Waals surface area contributed by atoms with Gasteiger partial charge in [0.05, 0.1) is 13.0 Å². The van der Waals surface area contributed by atoms with Crippen molar-refractivity contribution in [2.24, 2.45) is 0 Å². The fraction of sp³-hybridized carbons (Fsp3) is 0.130. The zero-order chi connectivity index (χ0) is 20.6. The quantitative estimate of drug-likeness (QED) is 0.566. The lowest BCUT2D eigenvalue weighted by Crippen LogP contribution is -2.15. The molecule has 0 saturated heterocycles. The van der Waals surface area contributed by atoms with Crippen LogP contribution in [0.5, 0.6) is 5.75 Å². The maximum Gasteiger partial charge on any atom is 0.255 e. The molecule has 2 amide bonds. The standard InChI is InChI=1S/C23H21ClN2O3/c1-2-29-21-13-11-20(12-14-21)26-23(28)17-5-9-19(10-6-17)25-22(27)15-16-3-7-18(24)8-4-16/h3-14H,2,15H2,1H3,(H,25,27)(H,26,28). The number of carbonyl (C=O) groups excluding carboxylic acids is 2. The second-order valence-electron chi connectivity index (χ2n) is 6.34. The smallest absolute Gasteiger partial charge is 0.255 e. The van der Waals surface area contributed by atoms with Gasteiger partial charge in [0, 0.05) is 22.0 Å². The van der Waals surface area contributed by atoms with Crippen molar-refractivity contribution in [2.45, 2.75) is 13.3 Å². The largest absolute Gasteiger partial charge is 0.494 e. The van der Waals surface area contributed by atoms with E-state index in [1.165, 1.54) is 0 Å². The molecule has 2 N–H and O–H groups in total. The number of hydrogen-bond acceptors (Lipinski definition) is 3. The summed E-state index contributed by atoms with van der Waals surface area (Å²) in [6.07, 6.45) is 0.247. The van der Waals surface area contributed by atoms with E-state index in [0.29, 0.717) is 28.6 Å². The SMILES string of the molecule is CCOc1ccc(NC(=O)c2ccc(NC(=O)Cc3ccc(Cl)cc3)cc2)cc1. The minimum absolute atomic E-state index is 0.140. The van der Waals surface area contributed by atoms with Gasteiger partial charge < -0.3 is 15.4 Å². The monoisotopic (exact) mass is 408 g/mol. The van der Waals surface area contributed by atoms with Crippen molar-refractivity contribution in [3.63, 3.8) is 0 Å². The highest BCUT2D eigenvalue weighted by Crippen LogP contribution is 2.17. The van der Waals surface area contributed by atoms with Crippen LogP contribution in [0.15, 0.2) is 72.8 Å². The number of ether oxygens (including phenoxy) is 1. The summed E-state index contributed by atoms with van der Waals surface area (Å²) in [5.41, 5.74) is 2.67. The summed E-state index contributed by atoms with van der Waals surface area (Å²) in [5.74, 6) is 0.385. The molecule has 0 heterocycles. The molecular weight excluding hydrogens is 388 g/mol. The fourth-order valence-electron chi connectivity index (χ4n) is 2.70. The van der Waals surface area contributed by atoms with Gasteiger partial charge >= 0.3 is 0 Å². The summed E-state index contributed by atoms with van der Waals surface area (Å²) in [5, 5.41) is 6.29. The molecule has 0 saturated carbocycles. The van der Waals surface area contributed by atoms with Crippen molar-refractivity contribution >= 4 is 34.8 Å². The predicted octanol–water partition coefficient (Wildman–Crippen LogP) is 5.17. The van der Waals surface area contributed by atoms with E-state index in [0.717, 1.165) is 11.3 Å². The van der Waals surface area contributed by atoms with Gasteiger partial charge in [0.2, 0.25) is 5.91 Å². The summed E-state index contributed by atoms with van der Waals surface area (Å²) in [6.45, 7) is 2.51. The van der Waals surface area contributed by atoms with Gasteiger partial charge in [0.15, 0.2) is 0 Å². The molecule has 29 heavy (non-hydrogen) atoms. The van der Waals surface area contributed by atoms with Crippen LogP contribution in [0, 0.1) is 0 Å². The highest BCUT2D eigenvalue weighted by Gasteiger charge is 2.08. The Kier molecular flexibility index (Phi) is 6.87. The average Bonchev–Trinajstić information content (AvgIpc) is 2.72. The number of halogens is 1. The van der Waals surface area contributed by atoms with Gasteiger partial charge in [-0.2, -0.15) is 0 Å². The molecule has 0 aromatic heterocycles. The van der Waals surface area contributed by atoms with E-state index in [2.05, 4.69) is 10.6 Å². The molecule has 0 aliphatic heterocycles. The summed E-state index contributed by atoms with van der Waals surface area (Å²) >= 11 is 5.85. The Morgan fingerprint density at radius 1 is 0.828 bits per heavy atom.